The summed E-state index contributed by atoms with van der Waals surface area (Å²) < 4.78 is 0. The molecule has 17 heavy (non-hydrogen) atoms. The molecule has 0 aromatic carbocycles. The van der Waals surface area contributed by atoms with Gasteiger partial charge in [0.05, 0.1) is 0 Å². The molecule has 0 N–H and O–H groups in total. The van der Waals surface area contributed by atoms with Crippen molar-refractivity contribution in [1.29, 1.82) is 0 Å². The maximum atomic E-state index is 2.58. The summed E-state index contributed by atoms with van der Waals surface area (Å²) >= 11 is 0. The van der Waals surface area contributed by atoms with Crippen molar-refractivity contribution in [2.24, 2.45) is 47.3 Å². The summed E-state index contributed by atoms with van der Waals surface area (Å²) in [6, 6.07) is 0. The highest BCUT2D eigenvalue weighted by Crippen LogP contribution is 2.64. The molecule has 3 aliphatic carbocycles. The van der Waals surface area contributed by atoms with Crippen molar-refractivity contribution in [2.45, 2.75) is 59.8 Å². The number of hydrogen-bond acceptors (Lipinski definition) is 0. The van der Waals surface area contributed by atoms with Crippen LogP contribution in [0.25, 0.3) is 0 Å². The van der Waals surface area contributed by atoms with E-state index in [4.69, 9.17) is 0 Å². The average molecular weight is 234 g/mol. The average Bonchev–Trinajstić information content (AvgIpc) is 2.90. The van der Waals surface area contributed by atoms with Crippen LogP contribution < -0.4 is 0 Å². The van der Waals surface area contributed by atoms with Gasteiger partial charge in [0.2, 0.25) is 0 Å². The molecule has 0 saturated heterocycles. The van der Waals surface area contributed by atoms with Gasteiger partial charge in [-0.15, -0.1) is 0 Å². The topological polar surface area (TPSA) is 0 Å². The summed E-state index contributed by atoms with van der Waals surface area (Å²) in [7, 11) is 0. The molecular formula is C17H30. The molecule has 0 aromatic rings. The Bertz CT molecular complexity index is 282. The highest BCUT2D eigenvalue weighted by molar-refractivity contribution is 5.06. The molecule has 98 valence electrons. The fourth-order valence-electron chi connectivity index (χ4n) is 6.34. The van der Waals surface area contributed by atoms with E-state index in [2.05, 4.69) is 27.7 Å². The van der Waals surface area contributed by atoms with E-state index in [0.717, 1.165) is 47.3 Å². The first kappa shape index (κ1) is 12.1. The standard InChI is InChI=1S/C17H30/c1-5-12-7-10(3)16-15-9-14(8-13(15)6-2)17(16)11(12)4/h10-17H,5-9H2,1-4H3. The zero-order valence-corrected chi connectivity index (χ0v) is 12.2. The van der Waals surface area contributed by atoms with Crippen LogP contribution in [0, 0.1) is 47.3 Å². The minimum absolute atomic E-state index is 1.02. The smallest absolute Gasteiger partial charge is 0.0323 e. The minimum atomic E-state index is 1.02. The lowest BCUT2D eigenvalue weighted by molar-refractivity contribution is -0.00623. The van der Waals surface area contributed by atoms with Crippen LogP contribution in [0.2, 0.25) is 0 Å². The van der Waals surface area contributed by atoms with E-state index >= 15 is 0 Å². The first-order valence-electron chi connectivity index (χ1n) is 8.17. The Balaban J connectivity index is 1.84. The van der Waals surface area contributed by atoms with Gasteiger partial charge in [0, 0.05) is 0 Å². The monoisotopic (exact) mass is 234 g/mol. The van der Waals surface area contributed by atoms with E-state index in [1.54, 1.807) is 12.8 Å². The van der Waals surface area contributed by atoms with E-state index < -0.39 is 0 Å². The van der Waals surface area contributed by atoms with Gasteiger partial charge in [-0.05, 0) is 66.6 Å². The van der Waals surface area contributed by atoms with Gasteiger partial charge in [0.1, 0.15) is 0 Å². The van der Waals surface area contributed by atoms with Crippen LogP contribution in [-0.4, -0.2) is 0 Å². The van der Waals surface area contributed by atoms with Crippen molar-refractivity contribution >= 4 is 0 Å². The Labute approximate surface area is 108 Å². The summed E-state index contributed by atoms with van der Waals surface area (Å²) in [5, 5.41) is 0. The molecule has 0 amide bonds. The van der Waals surface area contributed by atoms with E-state index in [1.165, 1.54) is 19.3 Å². The molecule has 0 heteroatoms. The second-order valence-electron chi connectivity index (χ2n) is 7.46. The molecule has 8 atom stereocenters. The number of rotatable bonds is 2. The minimum Gasteiger partial charge on any atom is -0.0651 e. The Kier molecular flexibility index (Phi) is 3.04. The molecule has 0 aromatic heterocycles. The molecule has 3 rings (SSSR count). The maximum absolute atomic E-state index is 2.58. The van der Waals surface area contributed by atoms with Crippen LogP contribution in [0.15, 0.2) is 0 Å². The van der Waals surface area contributed by atoms with Gasteiger partial charge < -0.3 is 0 Å². The van der Waals surface area contributed by atoms with Crippen molar-refractivity contribution < 1.29 is 0 Å². The van der Waals surface area contributed by atoms with Gasteiger partial charge in [-0.2, -0.15) is 0 Å². The maximum Gasteiger partial charge on any atom is -0.0323 e. The van der Waals surface area contributed by atoms with Gasteiger partial charge in [0.25, 0.3) is 0 Å². The second-order valence-corrected chi connectivity index (χ2v) is 7.46. The van der Waals surface area contributed by atoms with E-state index in [1.807, 2.05) is 0 Å². The molecule has 0 nitrogen and oxygen atoms in total. The summed E-state index contributed by atoms with van der Waals surface area (Å²) in [4.78, 5) is 0. The highest BCUT2D eigenvalue weighted by Gasteiger charge is 2.57. The van der Waals surface area contributed by atoms with Crippen LogP contribution >= 0.6 is 0 Å². The van der Waals surface area contributed by atoms with Gasteiger partial charge in [-0.1, -0.05) is 40.5 Å². The van der Waals surface area contributed by atoms with Crippen molar-refractivity contribution in [1.82, 2.24) is 0 Å². The molecule has 0 radical (unpaired) electrons. The fourth-order valence-corrected chi connectivity index (χ4v) is 6.34. The van der Waals surface area contributed by atoms with Crippen molar-refractivity contribution in [3.8, 4) is 0 Å². The summed E-state index contributed by atoms with van der Waals surface area (Å²) in [5.74, 6) is 8.61. The predicted octanol–water partition coefficient (Wildman–Crippen LogP) is 4.99. The third-order valence-corrected chi connectivity index (χ3v) is 7.00. The third-order valence-electron chi connectivity index (χ3n) is 7.00. The first-order valence-corrected chi connectivity index (χ1v) is 8.17. The Morgan fingerprint density at radius 3 is 2.18 bits per heavy atom. The molecular weight excluding hydrogens is 204 g/mol. The highest BCUT2D eigenvalue weighted by atomic mass is 14.6. The summed E-state index contributed by atoms with van der Waals surface area (Å²) in [6.45, 7) is 9.99. The van der Waals surface area contributed by atoms with E-state index in [9.17, 15) is 0 Å². The Morgan fingerprint density at radius 2 is 1.53 bits per heavy atom. The SMILES string of the molecule is CCC1CC(C)C2C3CC(CC3CC)C2C1C. The second kappa shape index (κ2) is 4.28. The molecule has 0 spiro atoms. The number of hydrogen-bond donors (Lipinski definition) is 0. The fraction of sp³-hybridized carbons (Fsp3) is 1.00. The van der Waals surface area contributed by atoms with E-state index in [-0.39, 0.29) is 0 Å². The van der Waals surface area contributed by atoms with Crippen LogP contribution in [0.3, 0.4) is 0 Å². The van der Waals surface area contributed by atoms with Gasteiger partial charge in [-0.25, -0.2) is 0 Å². The Morgan fingerprint density at radius 1 is 0.824 bits per heavy atom. The normalized spacial score (nSPS) is 57.2. The molecule has 3 saturated carbocycles. The largest absolute Gasteiger partial charge is 0.0651 e. The van der Waals surface area contributed by atoms with Crippen LogP contribution in [0.4, 0.5) is 0 Å². The molecule has 0 heterocycles. The van der Waals surface area contributed by atoms with Crippen molar-refractivity contribution in [3.05, 3.63) is 0 Å². The van der Waals surface area contributed by atoms with Crippen LogP contribution in [0.1, 0.15) is 59.8 Å². The molecule has 3 aliphatic rings. The lowest BCUT2D eigenvalue weighted by atomic mass is 9.56. The lowest BCUT2D eigenvalue weighted by Gasteiger charge is -2.49. The van der Waals surface area contributed by atoms with Crippen molar-refractivity contribution in [3.63, 3.8) is 0 Å². The van der Waals surface area contributed by atoms with Gasteiger partial charge >= 0.3 is 0 Å². The van der Waals surface area contributed by atoms with Gasteiger partial charge in [-0.3, -0.25) is 0 Å². The first-order chi connectivity index (χ1) is 8.17. The van der Waals surface area contributed by atoms with E-state index in [0.29, 0.717) is 0 Å². The van der Waals surface area contributed by atoms with Crippen LogP contribution in [-0.2, 0) is 0 Å². The van der Waals surface area contributed by atoms with Crippen molar-refractivity contribution in [2.75, 3.05) is 0 Å². The Hall–Kier alpha value is 0. The predicted molar refractivity (Wildman–Crippen MR) is 73.7 cm³/mol. The third kappa shape index (κ3) is 1.62. The zero-order chi connectivity index (χ0) is 12.2. The summed E-state index contributed by atoms with van der Waals surface area (Å²) in [5.41, 5.74) is 0. The zero-order valence-electron chi connectivity index (χ0n) is 12.2. The molecule has 3 fully saturated rings. The quantitative estimate of drug-likeness (QED) is 0.631. The molecule has 0 aliphatic heterocycles. The van der Waals surface area contributed by atoms with Crippen LogP contribution in [0.5, 0.6) is 0 Å². The van der Waals surface area contributed by atoms with Gasteiger partial charge in [0.15, 0.2) is 0 Å². The number of fused-ring (bicyclic) bond motifs is 5. The molecule has 8 unspecified atom stereocenters. The summed E-state index contributed by atoms with van der Waals surface area (Å²) in [6.07, 6.45) is 7.57. The molecule has 2 bridgehead atoms. The lowest BCUT2D eigenvalue weighted by Crippen LogP contribution is -2.43.